The summed E-state index contributed by atoms with van der Waals surface area (Å²) in [5, 5.41) is 4.42. The number of aromatic nitrogens is 3. The zero-order chi connectivity index (χ0) is 15.9. The fourth-order valence-corrected chi connectivity index (χ4v) is 3.96. The van der Waals surface area contributed by atoms with E-state index in [2.05, 4.69) is 42.1 Å². The lowest BCUT2D eigenvalue weighted by molar-refractivity contribution is 0.194. The Morgan fingerprint density at radius 2 is 2.22 bits per heavy atom. The van der Waals surface area contributed by atoms with E-state index in [0.717, 1.165) is 19.4 Å². The van der Waals surface area contributed by atoms with Crippen LogP contribution in [0.15, 0.2) is 30.9 Å². The zero-order valence-electron chi connectivity index (χ0n) is 14.0. The number of nitrogens with zero attached hydrogens (tertiary/aromatic N) is 3. The molecule has 1 aliphatic carbocycles. The predicted octanol–water partition coefficient (Wildman–Crippen LogP) is 4.12. The van der Waals surface area contributed by atoms with E-state index >= 15 is 0 Å². The van der Waals surface area contributed by atoms with Crippen molar-refractivity contribution in [1.82, 2.24) is 14.8 Å². The largest absolute Gasteiger partial charge is 0.362 e. The smallest absolute Gasteiger partial charge is 0.139 e. The van der Waals surface area contributed by atoms with Gasteiger partial charge in [0.25, 0.3) is 0 Å². The minimum atomic E-state index is -0.206. The van der Waals surface area contributed by atoms with Crippen LogP contribution in [0.4, 0.5) is 0 Å². The Labute approximate surface area is 137 Å². The first-order chi connectivity index (χ1) is 11.2. The molecular formula is C19H25N3O. The minimum Gasteiger partial charge on any atom is -0.362 e. The summed E-state index contributed by atoms with van der Waals surface area (Å²) in [6.07, 6.45) is 9.61. The molecule has 4 heteroatoms. The third-order valence-electron chi connectivity index (χ3n) is 5.52. The number of hydrogen-bond acceptors (Lipinski definition) is 3. The van der Waals surface area contributed by atoms with Crippen LogP contribution in [0.5, 0.6) is 0 Å². The highest BCUT2D eigenvalue weighted by atomic mass is 16.6. The maximum Gasteiger partial charge on any atom is 0.139 e. The molecule has 2 heterocycles. The third-order valence-corrected chi connectivity index (χ3v) is 5.52. The molecule has 1 saturated carbocycles. The van der Waals surface area contributed by atoms with E-state index in [1.165, 1.54) is 36.0 Å². The van der Waals surface area contributed by atoms with Crippen molar-refractivity contribution in [3.8, 4) is 0 Å². The number of aryl methyl sites for hydroxylation is 1. The molecule has 0 N–H and O–H groups in total. The molecule has 0 bridgehead atoms. The number of ether oxygens (including phenoxy) is 1. The van der Waals surface area contributed by atoms with Crippen LogP contribution in [0.1, 0.15) is 67.7 Å². The van der Waals surface area contributed by atoms with Crippen molar-refractivity contribution in [2.75, 3.05) is 6.61 Å². The number of epoxide rings is 1. The molecule has 4 rings (SSSR count). The molecule has 2 aliphatic rings. The van der Waals surface area contributed by atoms with Gasteiger partial charge in [-0.15, -0.1) is 0 Å². The third kappa shape index (κ3) is 2.49. The molecule has 2 unspecified atom stereocenters. The van der Waals surface area contributed by atoms with Gasteiger partial charge in [-0.1, -0.05) is 43.5 Å². The quantitative estimate of drug-likeness (QED) is 0.754. The van der Waals surface area contributed by atoms with Crippen LogP contribution in [-0.4, -0.2) is 21.4 Å². The Kier molecular flexibility index (Phi) is 3.72. The van der Waals surface area contributed by atoms with Crippen molar-refractivity contribution in [3.05, 3.63) is 47.5 Å². The van der Waals surface area contributed by atoms with Gasteiger partial charge in [0, 0.05) is 0 Å². The molecule has 0 spiro atoms. The molecule has 2 atom stereocenters. The first-order valence-electron chi connectivity index (χ1n) is 8.83. The van der Waals surface area contributed by atoms with Crippen molar-refractivity contribution < 1.29 is 4.74 Å². The summed E-state index contributed by atoms with van der Waals surface area (Å²) in [5.41, 5.74) is 4.04. The van der Waals surface area contributed by atoms with Gasteiger partial charge in [0.1, 0.15) is 18.3 Å². The van der Waals surface area contributed by atoms with Crippen LogP contribution in [0.3, 0.4) is 0 Å². The molecule has 1 aliphatic heterocycles. The van der Waals surface area contributed by atoms with E-state index in [1.54, 1.807) is 6.33 Å². The Hall–Kier alpha value is -1.68. The van der Waals surface area contributed by atoms with Gasteiger partial charge in [0.05, 0.1) is 12.6 Å². The van der Waals surface area contributed by atoms with E-state index < -0.39 is 0 Å². The second kappa shape index (κ2) is 5.75. The number of hydrogen-bond donors (Lipinski definition) is 0. The van der Waals surface area contributed by atoms with Gasteiger partial charge in [0.15, 0.2) is 0 Å². The van der Waals surface area contributed by atoms with Crippen LogP contribution in [0.2, 0.25) is 0 Å². The van der Waals surface area contributed by atoms with E-state index in [9.17, 15) is 0 Å². The fourth-order valence-electron chi connectivity index (χ4n) is 3.96. The summed E-state index contributed by atoms with van der Waals surface area (Å²) in [6, 6.07) is 7.14. The van der Waals surface area contributed by atoms with E-state index in [1.807, 2.05) is 11.0 Å². The lowest BCUT2D eigenvalue weighted by Crippen LogP contribution is -2.28. The normalized spacial score (nSPS) is 25.1. The van der Waals surface area contributed by atoms with Gasteiger partial charge in [-0.2, -0.15) is 5.10 Å². The molecule has 0 amide bonds. The number of benzene rings is 1. The van der Waals surface area contributed by atoms with Crippen LogP contribution in [-0.2, 0) is 10.3 Å². The fraction of sp³-hybridized carbons (Fsp3) is 0.579. The molecule has 0 radical (unpaired) electrons. The Morgan fingerprint density at radius 1 is 1.39 bits per heavy atom. The van der Waals surface area contributed by atoms with Crippen LogP contribution >= 0.6 is 0 Å². The van der Waals surface area contributed by atoms with Gasteiger partial charge in [-0.25, -0.2) is 9.67 Å². The molecule has 23 heavy (non-hydrogen) atoms. The van der Waals surface area contributed by atoms with E-state index in [0.29, 0.717) is 5.92 Å². The lowest BCUT2D eigenvalue weighted by Gasteiger charge is -2.32. The van der Waals surface area contributed by atoms with Crippen molar-refractivity contribution >= 4 is 0 Å². The standard InChI is InChI=1S/C19H25N3O/c1-3-5-18(22-13-20-12-21-22)19(11-23-19)17-9-8-14(2)10-16(17)15-6-4-7-15/h8-10,12-13,15,18H,3-7,11H2,1-2H3. The first kappa shape index (κ1) is 14.9. The van der Waals surface area contributed by atoms with Gasteiger partial charge in [-0.05, 0) is 43.2 Å². The number of rotatable bonds is 6. The molecule has 1 saturated heterocycles. The van der Waals surface area contributed by atoms with Crippen molar-refractivity contribution in [3.63, 3.8) is 0 Å². The first-order valence-corrected chi connectivity index (χ1v) is 8.83. The Balaban J connectivity index is 1.76. The van der Waals surface area contributed by atoms with Crippen molar-refractivity contribution in [2.24, 2.45) is 0 Å². The van der Waals surface area contributed by atoms with E-state index in [4.69, 9.17) is 4.74 Å². The van der Waals surface area contributed by atoms with Gasteiger partial charge >= 0.3 is 0 Å². The van der Waals surface area contributed by atoms with Gasteiger partial charge in [0.2, 0.25) is 0 Å². The van der Waals surface area contributed by atoms with Gasteiger partial charge < -0.3 is 4.74 Å². The minimum absolute atomic E-state index is 0.206. The maximum absolute atomic E-state index is 6.13. The molecular weight excluding hydrogens is 286 g/mol. The molecule has 2 fully saturated rings. The molecule has 122 valence electrons. The lowest BCUT2D eigenvalue weighted by atomic mass is 9.74. The van der Waals surface area contributed by atoms with Gasteiger partial charge in [-0.3, -0.25) is 0 Å². The highest BCUT2D eigenvalue weighted by Gasteiger charge is 2.55. The topological polar surface area (TPSA) is 43.2 Å². The average Bonchev–Trinajstić information content (AvgIpc) is 3.09. The maximum atomic E-state index is 6.13. The Bertz CT molecular complexity index is 672. The SMILES string of the molecule is CCCC(n1cncn1)C1(c2ccc(C)cc2C2CCC2)CO1. The van der Waals surface area contributed by atoms with Crippen molar-refractivity contribution in [2.45, 2.75) is 63.5 Å². The van der Waals surface area contributed by atoms with Crippen LogP contribution in [0.25, 0.3) is 0 Å². The molecule has 1 aromatic heterocycles. The second-order valence-corrected chi connectivity index (χ2v) is 7.08. The summed E-state index contributed by atoms with van der Waals surface area (Å²) >= 11 is 0. The summed E-state index contributed by atoms with van der Waals surface area (Å²) < 4.78 is 8.13. The van der Waals surface area contributed by atoms with Crippen LogP contribution in [0, 0.1) is 6.92 Å². The summed E-state index contributed by atoms with van der Waals surface area (Å²) in [6.45, 7) is 5.20. The second-order valence-electron chi connectivity index (χ2n) is 7.08. The monoisotopic (exact) mass is 311 g/mol. The van der Waals surface area contributed by atoms with Crippen molar-refractivity contribution in [1.29, 1.82) is 0 Å². The summed E-state index contributed by atoms with van der Waals surface area (Å²) in [5.74, 6) is 0.712. The molecule has 1 aromatic carbocycles. The molecule has 4 nitrogen and oxygen atoms in total. The van der Waals surface area contributed by atoms with E-state index in [-0.39, 0.29) is 11.6 Å². The highest BCUT2D eigenvalue weighted by Crippen LogP contribution is 2.53. The summed E-state index contributed by atoms with van der Waals surface area (Å²) in [7, 11) is 0. The highest BCUT2D eigenvalue weighted by molar-refractivity contribution is 5.42. The zero-order valence-corrected chi connectivity index (χ0v) is 14.0. The summed E-state index contributed by atoms with van der Waals surface area (Å²) in [4.78, 5) is 4.16. The predicted molar refractivity (Wildman–Crippen MR) is 89.4 cm³/mol. The molecule has 2 aromatic rings. The average molecular weight is 311 g/mol. The Morgan fingerprint density at radius 3 is 2.78 bits per heavy atom. The van der Waals surface area contributed by atoms with Crippen LogP contribution < -0.4 is 0 Å².